The maximum absolute atomic E-state index is 13.5. The van der Waals surface area contributed by atoms with Crippen LogP contribution in [0.2, 0.25) is 0 Å². The Morgan fingerprint density at radius 2 is 0.763 bits per heavy atom. The molecule has 4 aromatic carbocycles. The van der Waals surface area contributed by atoms with E-state index in [1.54, 1.807) is 36.4 Å². The van der Waals surface area contributed by atoms with Crippen LogP contribution < -0.4 is 0 Å². The Hall–Kier alpha value is -5.10. The zero-order chi connectivity index (χ0) is 26.6. The van der Waals surface area contributed by atoms with Gasteiger partial charge in [-0.1, -0.05) is 73.8 Å². The Labute approximate surface area is 219 Å². The zero-order valence-electron chi connectivity index (χ0n) is 20.4. The van der Waals surface area contributed by atoms with Crippen molar-refractivity contribution in [1.29, 1.82) is 0 Å². The summed E-state index contributed by atoms with van der Waals surface area (Å²) in [6.45, 7) is 7.70. The second-order valence-corrected chi connectivity index (χ2v) is 9.36. The average molecular weight is 499 g/mol. The third-order valence-electron chi connectivity index (χ3n) is 7.18. The summed E-state index contributed by atoms with van der Waals surface area (Å²) in [5, 5.41) is 0.731. The summed E-state index contributed by atoms with van der Waals surface area (Å²) in [6, 6.07) is 21.2. The van der Waals surface area contributed by atoms with Crippen LogP contribution in [0.5, 0.6) is 0 Å². The van der Waals surface area contributed by atoms with Crippen molar-refractivity contribution < 1.29 is 19.2 Å². The molecule has 2 aliphatic heterocycles. The summed E-state index contributed by atoms with van der Waals surface area (Å²) in [4.78, 5) is 56.4. The number of imide groups is 2. The minimum atomic E-state index is -0.455. The van der Waals surface area contributed by atoms with Crippen molar-refractivity contribution in [2.45, 2.75) is 13.1 Å². The Kier molecular flexibility index (Phi) is 5.39. The minimum Gasteiger partial charge on any atom is -0.270 e. The first-order chi connectivity index (χ1) is 18.4. The summed E-state index contributed by atoms with van der Waals surface area (Å²) >= 11 is 0. The molecule has 2 aliphatic rings. The van der Waals surface area contributed by atoms with E-state index in [1.165, 1.54) is 9.80 Å². The van der Waals surface area contributed by atoms with Crippen LogP contribution in [0.15, 0.2) is 86.0 Å². The van der Waals surface area contributed by atoms with Crippen molar-refractivity contribution in [2.75, 3.05) is 0 Å². The van der Waals surface area contributed by atoms with E-state index in [0.717, 1.165) is 22.3 Å². The number of rotatable bonds is 6. The number of carbonyl (C=O) groups is 4. The molecule has 0 radical (unpaired) electrons. The van der Waals surface area contributed by atoms with E-state index >= 15 is 0 Å². The van der Waals surface area contributed by atoms with E-state index in [-0.39, 0.29) is 13.1 Å². The lowest BCUT2D eigenvalue weighted by molar-refractivity contribution is 0.0577. The molecule has 38 heavy (non-hydrogen) atoms. The van der Waals surface area contributed by atoms with Gasteiger partial charge in [0.05, 0.1) is 13.1 Å². The zero-order valence-corrected chi connectivity index (χ0v) is 20.4. The summed E-state index contributed by atoms with van der Waals surface area (Å²) in [5.74, 6) is -1.82. The molecule has 0 saturated carbocycles. The van der Waals surface area contributed by atoms with E-state index in [1.807, 2.05) is 48.5 Å². The Morgan fingerprint density at radius 3 is 1.03 bits per heavy atom. The molecule has 6 heteroatoms. The van der Waals surface area contributed by atoms with Gasteiger partial charge >= 0.3 is 0 Å². The van der Waals surface area contributed by atoms with Gasteiger partial charge in [0.2, 0.25) is 0 Å². The van der Waals surface area contributed by atoms with Crippen molar-refractivity contribution in [2.24, 2.45) is 0 Å². The van der Waals surface area contributed by atoms with Crippen molar-refractivity contribution in [3.05, 3.63) is 130 Å². The first kappa shape index (κ1) is 23.3. The van der Waals surface area contributed by atoms with E-state index in [0.29, 0.717) is 33.0 Å². The molecule has 0 aromatic heterocycles. The molecule has 2 heterocycles. The summed E-state index contributed by atoms with van der Waals surface area (Å²) in [5.41, 5.74) is 4.68. The minimum absolute atomic E-state index is 0.107. The molecular weight excluding hydrogens is 476 g/mol. The standard InChI is InChI=1S/C32H22N2O4/c1-3-19-5-9-21(10-6-19)17-33-29(35)23-13-15-25-28-26(16-14-24(27(23)28)30(33)36)32(38)34(31(25)37)18-22-11-7-20(4-2)8-12-22/h3-16H,1-2,17-18H2. The first-order valence-electron chi connectivity index (χ1n) is 12.2. The molecule has 0 bridgehead atoms. The molecule has 0 unspecified atom stereocenters. The van der Waals surface area contributed by atoms with Gasteiger partial charge in [0, 0.05) is 33.0 Å². The molecule has 184 valence electrons. The fourth-order valence-electron chi connectivity index (χ4n) is 5.15. The first-order valence-corrected chi connectivity index (χ1v) is 12.2. The smallest absolute Gasteiger partial charge is 0.261 e. The second-order valence-electron chi connectivity index (χ2n) is 9.36. The van der Waals surface area contributed by atoms with Crippen molar-refractivity contribution in [3.8, 4) is 0 Å². The molecule has 0 atom stereocenters. The molecule has 0 aliphatic carbocycles. The van der Waals surface area contributed by atoms with Crippen LogP contribution in [-0.4, -0.2) is 33.4 Å². The van der Waals surface area contributed by atoms with Crippen LogP contribution in [0.3, 0.4) is 0 Å². The highest BCUT2D eigenvalue weighted by molar-refractivity contribution is 6.33. The van der Waals surface area contributed by atoms with E-state index in [2.05, 4.69) is 13.2 Å². The number of amides is 4. The van der Waals surface area contributed by atoms with Crippen LogP contribution in [0.25, 0.3) is 22.9 Å². The highest BCUT2D eigenvalue weighted by atomic mass is 16.2. The lowest BCUT2D eigenvalue weighted by atomic mass is 9.85. The van der Waals surface area contributed by atoms with Crippen LogP contribution in [0, 0.1) is 0 Å². The molecule has 0 spiro atoms. The number of carbonyl (C=O) groups excluding carboxylic acids is 4. The maximum Gasteiger partial charge on any atom is 0.261 e. The highest BCUT2D eigenvalue weighted by Gasteiger charge is 2.39. The molecule has 6 rings (SSSR count). The number of hydrogen-bond acceptors (Lipinski definition) is 4. The van der Waals surface area contributed by atoms with Gasteiger partial charge in [-0.3, -0.25) is 29.0 Å². The van der Waals surface area contributed by atoms with Gasteiger partial charge in [-0.05, 0) is 46.5 Å². The van der Waals surface area contributed by atoms with Gasteiger partial charge in [0.15, 0.2) is 0 Å². The SMILES string of the molecule is C=Cc1ccc(CN2C(=O)c3ccc4c5c(ccc(c35)C2=O)C(=O)N(Cc2ccc(C=C)cc2)C4=O)cc1. The molecule has 4 amide bonds. The molecule has 0 N–H and O–H groups in total. The molecular formula is C32H22N2O4. The summed E-state index contributed by atoms with van der Waals surface area (Å²) in [7, 11) is 0. The van der Waals surface area contributed by atoms with Crippen LogP contribution in [0.4, 0.5) is 0 Å². The predicted octanol–water partition coefficient (Wildman–Crippen LogP) is 5.72. The highest BCUT2D eigenvalue weighted by Crippen LogP contribution is 2.38. The fourth-order valence-corrected chi connectivity index (χ4v) is 5.15. The van der Waals surface area contributed by atoms with Crippen LogP contribution >= 0.6 is 0 Å². The van der Waals surface area contributed by atoms with Crippen molar-refractivity contribution in [1.82, 2.24) is 9.80 Å². The van der Waals surface area contributed by atoms with Gasteiger partial charge in [-0.2, -0.15) is 0 Å². The number of nitrogens with zero attached hydrogens (tertiary/aromatic N) is 2. The number of hydrogen-bond donors (Lipinski definition) is 0. The topological polar surface area (TPSA) is 74.8 Å². The third-order valence-corrected chi connectivity index (χ3v) is 7.18. The van der Waals surface area contributed by atoms with Crippen molar-refractivity contribution in [3.63, 3.8) is 0 Å². The van der Waals surface area contributed by atoms with Crippen LogP contribution in [-0.2, 0) is 13.1 Å². The fraction of sp³-hybridized carbons (Fsp3) is 0.0625. The third kappa shape index (κ3) is 3.50. The van der Waals surface area contributed by atoms with Crippen LogP contribution in [0.1, 0.15) is 63.7 Å². The van der Waals surface area contributed by atoms with E-state index in [4.69, 9.17) is 0 Å². The van der Waals surface area contributed by atoms with Gasteiger partial charge in [0.25, 0.3) is 23.6 Å². The quantitative estimate of drug-likeness (QED) is 0.319. The molecule has 6 nitrogen and oxygen atoms in total. The normalized spacial score (nSPS) is 14.3. The predicted molar refractivity (Wildman–Crippen MR) is 145 cm³/mol. The Balaban J connectivity index is 1.39. The largest absolute Gasteiger partial charge is 0.270 e. The monoisotopic (exact) mass is 498 g/mol. The summed E-state index contributed by atoms with van der Waals surface area (Å²) in [6.07, 6.45) is 3.44. The Morgan fingerprint density at radius 1 is 0.474 bits per heavy atom. The number of benzene rings is 4. The van der Waals surface area contributed by atoms with Gasteiger partial charge in [-0.25, -0.2) is 0 Å². The molecule has 0 fully saturated rings. The average Bonchev–Trinajstić information content (AvgIpc) is 2.95. The lowest BCUT2D eigenvalue weighted by Crippen LogP contribution is -2.42. The van der Waals surface area contributed by atoms with Crippen molar-refractivity contribution >= 4 is 46.6 Å². The Bertz CT molecular complexity index is 1520. The second kappa shape index (κ2) is 8.78. The summed E-state index contributed by atoms with van der Waals surface area (Å²) < 4.78 is 0. The van der Waals surface area contributed by atoms with E-state index in [9.17, 15) is 19.2 Å². The lowest BCUT2D eigenvalue weighted by Gasteiger charge is -2.32. The van der Waals surface area contributed by atoms with Gasteiger partial charge < -0.3 is 0 Å². The van der Waals surface area contributed by atoms with Gasteiger partial charge in [0.1, 0.15) is 0 Å². The van der Waals surface area contributed by atoms with E-state index < -0.39 is 23.6 Å². The van der Waals surface area contributed by atoms with Gasteiger partial charge in [-0.15, -0.1) is 0 Å². The maximum atomic E-state index is 13.5. The molecule has 4 aromatic rings. The molecule has 0 saturated heterocycles.